The zero-order valence-electron chi connectivity index (χ0n) is 11.5. The highest BCUT2D eigenvalue weighted by Crippen LogP contribution is 2.07. The molecule has 1 amide bonds. The number of nitrogens with one attached hydrogen (secondary N) is 1. The van der Waals surface area contributed by atoms with Crippen molar-refractivity contribution < 1.29 is 14.6 Å². The van der Waals surface area contributed by atoms with Gasteiger partial charge in [-0.25, -0.2) is 4.68 Å². The summed E-state index contributed by atoms with van der Waals surface area (Å²) < 4.78 is 6.62. The fourth-order valence-corrected chi connectivity index (χ4v) is 1.69. The zero-order valence-corrected chi connectivity index (χ0v) is 11.5. The van der Waals surface area contributed by atoms with E-state index >= 15 is 0 Å². The number of aromatic nitrogens is 4. The summed E-state index contributed by atoms with van der Waals surface area (Å²) in [6.07, 6.45) is 2.19. The van der Waals surface area contributed by atoms with E-state index in [4.69, 9.17) is 9.84 Å². The molecule has 2 rings (SSSR count). The molecule has 1 aromatic heterocycles. The van der Waals surface area contributed by atoms with Crippen molar-refractivity contribution in [3.05, 3.63) is 36.2 Å². The van der Waals surface area contributed by atoms with Crippen LogP contribution in [0.1, 0.15) is 16.8 Å². The highest BCUT2D eigenvalue weighted by molar-refractivity contribution is 5.94. The first-order valence-electron chi connectivity index (χ1n) is 6.61. The van der Waals surface area contributed by atoms with Crippen molar-refractivity contribution >= 4 is 5.91 Å². The third-order valence-corrected chi connectivity index (χ3v) is 2.73. The molecule has 0 aliphatic carbocycles. The van der Waals surface area contributed by atoms with Gasteiger partial charge in [-0.05, 0) is 41.1 Å². The smallest absolute Gasteiger partial charge is 0.251 e. The fourth-order valence-electron chi connectivity index (χ4n) is 1.69. The fraction of sp³-hybridized carbons (Fsp3) is 0.385. The average Bonchev–Trinajstić information content (AvgIpc) is 3.05. The maximum Gasteiger partial charge on any atom is 0.251 e. The van der Waals surface area contributed by atoms with Crippen LogP contribution < -0.4 is 5.32 Å². The van der Waals surface area contributed by atoms with Crippen LogP contribution in [0, 0.1) is 0 Å². The van der Waals surface area contributed by atoms with E-state index in [0.29, 0.717) is 31.7 Å². The van der Waals surface area contributed by atoms with E-state index in [2.05, 4.69) is 20.8 Å². The van der Waals surface area contributed by atoms with Crippen LogP contribution in [0.5, 0.6) is 0 Å². The molecular formula is C13H17N5O3. The van der Waals surface area contributed by atoms with Crippen LogP contribution in [0.4, 0.5) is 0 Å². The Kier molecular flexibility index (Phi) is 5.80. The summed E-state index contributed by atoms with van der Waals surface area (Å²) in [7, 11) is 0. The summed E-state index contributed by atoms with van der Waals surface area (Å²) in [4.78, 5) is 11.9. The molecule has 0 saturated carbocycles. The molecule has 0 radical (unpaired) electrons. The third kappa shape index (κ3) is 4.62. The van der Waals surface area contributed by atoms with Gasteiger partial charge in [-0.3, -0.25) is 4.79 Å². The second-order valence-electron chi connectivity index (χ2n) is 4.25. The van der Waals surface area contributed by atoms with Gasteiger partial charge in [0.05, 0.1) is 18.9 Å². The molecule has 0 fully saturated rings. The summed E-state index contributed by atoms with van der Waals surface area (Å²) in [5, 5.41) is 22.2. The van der Waals surface area contributed by atoms with Crippen LogP contribution in [0.25, 0.3) is 5.69 Å². The van der Waals surface area contributed by atoms with Crippen LogP contribution >= 0.6 is 0 Å². The second-order valence-corrected chi connectivity index (χ2v) is 4.25. The largest absolute Gasteiger partial charge is 0.394 e. The number of hydrogen-bond donors (Lipinski definition) is 2. The normalized spacial score (nSPS) is 10.5. The molecule has 0 aliphatic heterocycles. The van der Waals surface area contributed by atoms with Crippen molar-refractivity contribution in [1.29, 1.82) is 0 Å². The Hall–Kier alpha value is -2.32. The predicted molar refractivity (Wildman–Crippen MR) is 74.0 cm³/mol. The number of carbonyl (C=O) groups is 1. The summed E-state index contributed by atoms with van der Waals surface area (Å²) in [5.41, 5.74) is 1.36. The monoisotopic (exact) mass is 291 g/mol. The van der Waals surface area contributed by atoms with E-state index in [1.165, 1.54) is 11.0 Å². The maximum atomic E-state index is 11.9. The van der Waals surface area contributed by atoms with Gasteiger partial charge >= 0.3 is 0 Å². The first-order valence-corrected chi connectivity index (χ1v) is 6.61. The quantitative estimate of drug-likeness (QED) is 0.653. The van der Waals surface area contributed by atoms with Gasteiger partial charge in [-0.15, -0.1) is 5.10 Å². The lowest BCUT2D eigenvalue weighted by Gasteiger charge is -2.06. The highest BCUT2D eigenvalue weighted by atomic mass is 16.5. The number of amides is 1. The van der Waals surface area contributed by atoms with E-state index in [1.54, 1.807) is 24.3 Å². The van der Waals surface area contributed by atoms with Gasteiger partial charge in [0.25, 0.3) is 5.91 Å². The summed E-state index contributed by atoms with van der Waals surface area (Å²) in [6.45, 7) is 1.38. The van der Waals surface area contributed by atoms with Crippen LogP contribution in [0.2, 0.25) is 0 Å². The molecule has 21 heavy (non-hydrogen) atoms. The van der Waals surface area contributed by atoms with E-state index in [1.807, 2.05) is 0 Å². The molecule has 0 spiro atoms. The lowest BCUT2D eigenvalue weighted by molar-refractivity contribution is 0.0867. The third-order valence-electron chi connectivity index (χ3n) is 2.73. The van der Waals surface area contributed by atoms with E-state index in [9.17, 15) is 4.79 Å². The molecule has 0 saturated heterocycles. The molecule has 1 aromatic carbocycles. The van der Waals surface area contributed by atoms with E-state index in [0.717, 1.165) is 5.69 Å². The molecule has 8 nitrogen and oxygen atoms in total. The van der Waals surface area contributed by atoms with Crippen molar-refractivity contribution in [3.8, 4) is 5.69 Å². The van der Waals surface area contributed by atoms with Crippen molar-refractivity contribution in [2.45, 2.75) is 6.42 Å². The van der Waals surface area contributed by atoms with E-state index in [-0.39, 0.29) is 12.5 Å². The SMILES string of the molecule is O=C(NCCCOCCO)c1ccc(-n2cnnn2)cc1. The molecule has 112 valence electrons. The Bertz CT molecular complexity index is 541. The highest BCUT2D eigenvalue weighted by Gasteiger charge is 2.05. The van der Waals surface area contributed by atoms with Gasteiger partial charge in [0.15, 0.2) is 0 Å². The van der Waals surface area contributed by atoms with Crippen LogP contribution in [-0.2, 0) is 4.74 Å². The van der Waals surface area contributed by atoms with Gasteiger partial charge < -0.3 is 15.2 Å². The Morgan fingerprint density at radius 2 is 2.10 bits per heavy atom. The van der Waals surface area contributed by atoms with Crippen LogP contribution in [0.3, 0.4) is 0 Å². The van der Waals surface area contributed by atoms with Gasteiger partial charge in [0.1, 0.15) is 6.33 Å². The minimum atomic E-state index is -0.138. The number of tetrazole rings is 1. The molecule has 0 bridgehead atoms. The Labute approximate surface area is 121 Å². The lowest BCUT2D eigenvalue weighted by atomic mass is 10.2. The van der Waals surface area contributed by atoms with Gasteiger partial charge in [-0.2, -0.15) is 0 Å². The van der Waals surface area contributed by atoms with Crippen LogP contribution in [0.15, 0.2) is 30.6 Å². The first-order chi connectivity index (χ1) is 10.3. The molecule has 2 aromatic rings. The Morgan fingerprint density at radius 3 is 2.76 bits per heavy atom. The van der Waals surface area contributed by atoms with Crippen LogP contribution in [-0.4, -0.2) is 57.6 Å². The number of aliphatic hydroxyl groups is 1. The molecule has 2 N–H and O–H groups in total. The Balaban J connectivity index is 1.78. The topological polar surface area (TPSA) is 102 Å². The maximum absolute atomic E-state index is 11.9. The number of benzene rings is 1. The first kappa shape index (κ1) is 15.1. The standard InChI is InChI=1S/C13H17N5O3/c19-7-9-21-8-1-6-14-13(20)11-2-4-12(5-3-11)18-10-15-16-17-18/h2-5,10,19H,1,6-9H2,(H,14,20). The number of nitrogens with zero attached hydrogens (tertiary/aromatic N) is 4. The van der Waals surface area contributed by atoms with Gasteiger partial charge in [0, 0.05) is 18.7 Å². The number of aliphatic hydroxyl groups excluding tert-OH is 1. The van der Waals surface area contributed by atoms with Gasteiger partial charge in [-0.1, -0.05) is 0 Å². The molecule has 1 heterocycles. The number of ether oxygens (including phenoxy) is 1. The molecule has 0 unspecified atom stereocenters. The molecular weight excluding hydrogens is 274 g/mol. The Morgan fingerprint density at radius 1 is 1.29 bits per heavy atom. The zero-order chi connectivity index (χ0) is 14.9. The lowest BCUT2D eigenvalue weighted by Crippen LogP contribution is -2.25. The van der Waals surface area contributed by atoms with Crippen molar-refractivity contribution in [3.63, 3.8) is 0 Å². The number of carbonyl (C=O) groups excluding carboxylic acids is 1. The number of hydrogen-bond acceptors (Lipinski definition) is 6. The van der Waals surface area contributed by atoms with Crippen molar-refractivity contribution in [2.75, 3.05) is 26.4 Å². The van der Waals surface area contributed by atoms with Crippen molar-refractivity contribution in [2.24, 2.45) is 0 Å². The number of rotatable bonds is 8. The molecule has 0 atom stereocenters. The summed E-state index contributed by atoms with van der Waals surface area (Å²) in [5.74, 6) is -0.138. The van der Waals surface area contributed by atoms with E-state index < -0.39 is 0 Å². The molecule has 8 heteroatoms. The average molecular weight is 291 g/mol. The summed E-state index contributed by atoms with van der Waals surface area (Å²) >= 11 is 0. The second kappa shape index (κ2) is 8.08. The van der Waals surface area contributed by atoms with Crippen molar-refractivity contribution in [1.82, 2.24) is 25.5 Å². The molecule has 0 aliphatic rings. The van der Waals surface area contributed by atoms with Gasteiger partial charge in [0.2, 0.25) is 0 Å². The minimum absolute atomic E-state index is 0.0139. The predicted octanol–water partition coefficient (Wildman–Crippen LogP) is -0.209. The minimum Gasteiger partial charge on any atom is -0.394 e. The summed E-state index contributed by atoms with van der Waals surface area (Å²) in [6, 6.07) is 6.98.